The van der Waals surface area contributed by atoms with Crippen molar-refractivity contribution in [2.45, 2.75) is 6.54 Å². The van der Waals surface area contributed by atoms with Crippen LogP contribution in [-0.2, 0) is 13.6 Å². The van der Waals surface area contributed by atoms with Crippen LogP contribution in [0.4, 0.5) is 11.4 Å². The van der Waals surface area contributed by atoms with Gasteiger partial charge in [-0.3, -0.25) is 0 Å². The van der Waals surface area contributed by atoms with E-state index in [1.165, 1.54) is 0 Å². The maximum atomic E-state index is 5.88. The van der Waals surface area contributed by atoms with Crippen LogP contribution in [0.25, 0.3) is 0 Å². The Morgan fingerprint density at radius 3 is 3.00 bits per heavy atom. The summed E-state index contributed by atoms with van der Waals surface area (Å²) in [6.45, 7) is 0.557. The van der Waals surface area contributed by atoms with E-state index >= 15 is 0 Å². The molecule has 0 saturated carbocycles. The Kier molecular flexibility index (Phi) is 2.96. The second-order valence-electron chi connectivity index (χ2n) is 3.44. The summed E-state index contributed by atoms with van der Waals surface area (Å²) < 4.78 is 1.84. The van der Waals surface area contributed by atoms with Crippen molar-refractivity contribution in [1.82, 2.24) is 14.8 Å². The molecule has 1 aromatic carbocycles. The summed E-state index contributed by atoms with van der Waals surface area (Å²) in [6, 6.07) is 5.30. The van der Waals surface area contributed by atoms with E-state index < -0.39 is 0 Å². The highest BCUT2D eigenvalue weighted by atomic mass is 35.5. The first-order chi connectivity index (χ1) is 7.66. The lowest BCUT2D eigenvalue weighted by Crippen LogP contribution is -2.07. The van der Waals surface area contributed by atoms with Gasteiger partial charge in [-0.05, 0) is 18.2 Å². The number of nitrogen functional groups attached to an aromatic ring is 1. The fourth-order valence-corrected chi connectivity index (χ4v) is 1.50. The van der Waals surface area contributed by atoms with Crippen molar-refractivity contribution in [3.63, 3.8) is 0 Å². The van der Waals surface area contributed by atoms with Gasteiger partial charge < -0.3 is 15.6 Å². The average Bonchev–Trinajstić information content (AvgIpc) is 2.66. The SMILES string of the molecule is Cn1cnnc1CNc1cc(Cl)ccc1N. The van der Waals surface area contributed by atoms with E-state index in [4.69, 9.17) is 17.3 Å². The van der Waals surface area contributed by atoms with Crippen molar-refractivity contribution in [3.05, 3.63) is 35.4 Å². The quantitative estimate of drug-likeness (QED) is 0.797. The third kappa shape index (κ3) is 2.25. The van der Waals surface area contributed by atoms with Gasteiger partial charge in [0, 0.05) is 12.1 Å². The van der Waals surface area contributed by atoms with Crippen molar-refractivity contribution in [2.75, 3.05) is 11.1 Å². The zero-order valence-corrected chi connectivity index (χ0v) is 9.57. The highest BCUT2D eigenvalue weighted by molar-refractivity contribution is 6.31. The van der Waals surface area contributed by atoms with Gasteiger partial charge in [-0.25, -0.2) is 0 Å². The fraction of sp³-hybridized carbons (Fsp3) is 0.200. The number of hydrogen-bond acceptors (Lipinski definition) is 4. The standard InChI is InChI=1S/C10H12ClN5/c1-16-6-14-15-10(16)5-13-9-4-7(11)2-3-8(9)12/h2-4,6,13H,5,12H2,1H3. The van der Waals surface area contributed by atoms with Crippen LogP contribution in [0, 0.1) is 0 Å². The second-order valence-corrected chi connectivity index (χ2v) is 3.88. The van der Waals surface area contributed by atoms with Gasteiger partial charge in [-0.1, -0.05) is 11.6 Å². The average molecular weight is 238 g/mol. The number of hydrogen-bond donors (Lipinski definition) is 2. The fourth-order valence-electron chi connectivity index (χ4n) is 1.32. The highest BCUT2D eigenvalue weighted by Crippen LogP contribution is 2.23. The van der Waals surface area contributed by atoms with E-state index in [0.717, 1.165) is 11.5 Å². The summed E-state index contributed by atoms with van der Waals surface area (Å²) in [5.41, 5.74) is 7.26. The largest absolute Gasteiger partial charge is 0.397 e. The summed E-state index contributed by atoms with van der Waals surface area (Å²) in [4.78, 5) is 0. The molecular weight excluding hydrogens is 226 g/mol. The molecule has 6 heteroatoms. The van der Waals surface area contributed by atoms with Crippen LogP contribution in [0.5, 0.6) is 0 Å². The molecule has 3 N–H and O–H groups in total. The summed E-state index contributed by atoms with van der Waals surface area (Å²) in [6.07, 6.45) is 1.65. The maximum Gasteiger partial charge on any atom is 0.151 e. The Morgan fingerprint density at radius 1 is 1.50 bits per heavy atom. The van der Waals surface area contributed by atoms with Crippen LogP contribution >= 0.6 is 11.6 Å². The van der Waals surface area contributed by atoms with Crippen molar-refractivity contribution >= 4 is 23.0 Å². The Bertz CT molecular complexity index is 494. The summed E-state index contributed by atoms with van der Waals surface area (Å²) >= 11 is 5.88. The number of aryl methyl sites for hydroxylation is 1. The third-order valence-electron chi connectivity index (χ3n) is 2.26. The number of nitrogens with one attached hydrogen (secondary N) is 1. The lowest BCUT2D eigenvalue weighted by Gasteiger charge is -2.08. The molecule has 0 unspecified atom stereocenters. The zero-order chi connectivity index (χ0) is 11.5. The smallest absolute Gasteiger partial charge is 0.151 e. The molecule has 2 rings (SSSR count). The van der Waals surface area contributed by atoms with Gasteiger partial charge in [0.15, 0.2) is 5.82 Å². The summed E-state index contributed by atoms with van der Waals surface area (Å²) in [5, 5.41) is 11.6. The van der Waals surface area contributed by atoms with Crippen molar-refractivity contribution in [3.8, 4) is 0 Å². The summed E-state index contributed by atoms with van der Waals surface area (Å²) in [5.74, 6) is 0.833. The molecule has 0 fully saturated rings. The normalized spacial score (nSPS) is 10.4. The number of benzene rings is 1. The molecule has 0 atom stereocenters. The van der Waals surface area contributed by atoms with Gasteiger partial charge in [0.05, 0.1) is 17.9 Å². The number of nitrogens with zero attached hydrogens (tertiary/aromatic N) is 3. The minimum absolute atomic E-state index is 0.557. The van der Waals surface area contributed by atoms with E-state index in [0.29, 0.717) is 17.3 Å². The van der Waals surface area contributed by atoms with Crippen LogP contribution in [-0.4, -0.2) is 14.8 Å². The van der Waals surface area contributed by atoms with Gasteiger partial charge in [-0.2, -0.15) is 0 Å². The van der Waals surface area contributed by atoms with Gasteiger partial charge in [0.2, 0.25) is 0 Å². The summed E-state index contributed by atoms with van der Waals surface area (Å²) in [7, 11) is 1.89. The first-order valence-corrected chi connectivity index (χ1v) is 5.16. The van der Waals surface area contributed by atoms with Crippen LogP contribution in [0.1, 0.15) is 5.82 Å². The van der Waals surface area contributed by atoms with Crippen molar-refractivity contribution in [1.29, 1.82) is 0 Å². The molecule has 0 radical (unpaired) electrons. The van der Waals surface area contributed by atoms with Gasteiger partial charge in [-0.15, -0.1) is 10.2 Å². The lowest BCUT2D eigenvalue weighted by atomic mass is 10.2. The van der Waals surface area contributed by atoms with Crippen LogP contribution in [0.2, 0.25) is 5.02 Å². The van der Waals surface area contributed by atoms with Gasteiger partial charge in [0.25, 0.3) is 0 Å². The molecule has 0 aliphatic carbocycles. The molecule has 0 amide bonds. The molecule has 2 aromatic rings. The van der Waals surface area contributed by atoms with E-state index in [1.807, 2.05) is 11.6 Å². The number of rotatable bonds is 3. The molecule has 0 bridgehead atoms. The molecule has 84 valence electrons. The Balaban J connectivity index is 2.10. The first-order valence-electron chi connectivity index (χ1n) is 4.78. The minimum atomic E-state index is 0.557. The number of anilines is 2. The highest BCUT2D eigenvalue weighted by Gasteiger charge is 2.03. The zero-order valence-electron chi connectivity index (χ0n) is 8.81. The molecular formula is C10H12ClN5. The predicted octanol–water partition coefficient (Wildman–Crippen LogP) is 1.66. The number of halogens is 1. The molecule has 0 aliphatic rings. The Hall–Kier alpha value is -1.75. The topological polar surface area (TPSA) is 68.8 Å². The second kappa shape index (κ2) is 4.40. The van der Waals surface area contributed by atoms with Crippen LogP contribution < -0.4 is 11.1 Å². The lowest BCUT2D eigenvalue weighted by molar-refractivity contribution is 0.812. The molecule has 0 spiro atoms. The third-order valence-corrected chi connectivity index (χ3v) is 2.49. The minimum Gasteiger partial charge on any atom is -0.397 e. The van der Waals surface area contributed by atoms with E-state index in [9.17, 15) is 0 Å². The number of nitrogens with two attached hydrogens (primary N) is 1. The monoisotopic (exact) mass is 237 g/mol. The van der Waals surface area contributed by atoms with Gasteiger partial charge in [0.1, 0.15) is 6.33 Å². The van der Waals surface area contributed by atoms with Crippen LogP contribution in [0.3, 0.4) is 0 Å². The first kappa shape index (κ1) is 10.8. The molecule has 0 saturated heterocycles. The molecule has 16 heavy (non-hydrogen) atoms. The maximum absolute atomic E-state index is 5.88. The Labute approximate surface area is 98.2 Å². The van der Waals surface area contributed by atoms with E-state index in [-0.39, 0.29) is 0 Å². The predicted molar refractivity (Wildman–Crippen MR) is 64.2 cm³/mol. The van der Waals surface area contributed by atoms with Crippen LogP contribution in [0.15, 0.2) is 24.5 Å². The molecule has 1 aromatic heterocycles. The van der Waals surface area contributed by atoms with Gasteiger partial charge >= 0.3 is 0 Å². The van der Waals surface area contributed by atoms with Crippen molar-refractivity contribution in [2.24, 2.45) is 7.05 Å². The van der Waals surface area contributed by atoms with Crippen molar-refractivity contribution < 1.29 is 0 Å². The molecule has 1 heterocycles. The molecule has 5 nitrogen and oxygen atoms in total. The van der Waals surface area contributed by atoms with E-state index in [2.05, 4.69) is 15.5 Å². The Morgan fingerprint density at radius 2 is 2.31 bits per heavy atom. The molecule has 0 aliphatic heterocycles. The number of aromatic nitrogens is 3. The van der Waals surface area contributed by atoms with E-state index in [1.54, 1.807) is 24.5 Å².